The number of hydrogen-bond donors (Lipinski definition) is 1. The summed E-state index contributed by atoms with van der Waals surface area (Å²) in [5.74, 6) is -7.03. The predicted octanol–water partition coefficient (Wildman–Crippen LogP) is 7.38. The molecule has 0 aliphatic heterocycles. The largest absolute Gasteiger partial charge is 0.417 e. The lowest BCUT2D eigenvalue weighted by Crippen LogP contribution is -2.42. The summed E-state index contributed by atoms with van der Waals surface area (Å²) in [7, 11) is 0.758. The number of hydrogen-bond acceptors (Lipinski definition) is 2. The van der Waals surface area contributed by atoms with Crippen LogP contribution in [0.25, 0.3) is 5.83 Å². The molecule has 220 valence electrons. The molecule has 1 N–H and O–H groups in total. The maximum absolute atomic E-state index is 15.0. The number of nitrogens with zero attached hydrogens (tertiary/aromatic N) is 1. The Morgan fingerprint density at radius 2 is 1.52 bits per heavy atom. The Hall–Kier alpha value is -3.29. The first kappa shape index (κ1) is 32.9. The van der Waals surface area contributed by atoms with Crippen LogP contribution in [0.5, 0.6) is 0 Å². The average molecular weight is 607 g/mol. The van der Waals surface area contributed by atoms with Gasteiger partial charge in [-0.1, -0.05) is 29.8 Å². The van der Waals surface area contributed by atoms with Gasteiger partial charge in [0.15, 0.2) is 0 Å². The third-order valence-corrected chi connectivity index (χ3v) is 6.17. The molecule has 0 aliphatic carbocycles. The molecule has 0 heterocycles. The van der Waals surface area contributed by atoms with Crippen LogP contribution in [-0.4, -0.2) is 49.2 Å². The number of halogens is 11. The second-order valence-corrected chi connectivity index (χ2v) is 9.19. The molecule has 0 spiro atoms. The second-order valence-electron chi connectivity index (χ2n) is 8.81. The van der Waals surface area contributed by atoms with Crippen LogP contribution < -0.4 is 5.32 Å². The number of carbonyl (C=O) groups excluding carboxylic acids is 2. The van der Waals surface area contributed by atoms with Crippen molar-refractivity contribution < 1.29 is 53.5 Å². The van der Waals surface area contributed by atoms with Gasteiger partial charge < -0.3 is 10.2 Å². The molecule has 0 radical (unpaired) electrons. The van der Waals surface area contributed by atoms with Crippen LogP contribution in [0, 0.1) is 13.8 Å². The molecule has 2 rings (SSSR count). The summed E-state index contributed by atoms with van der Waals surface area (Å²) in [6.07, 6.45) is -15.0. The molecular formula is C25H21ClF10N2O2. The maximum atomic E-state index is 15.0. The number of aryl methyl sites for hydroxylation is 2. The van der Waals surface area contributed by atoms with Crippen LogP contribution in [-0.2, 0) is 11.0 Å². The quantitative estimate of drug-likeness (QED) is 0.334. The van der Waals surface area contributed by atoms with Crippen molar-refractivity contribution in [3.63, 3.8) is 0 Å². The summed E-state index contributed by atoms with van der Waals surface area (Å²) in [6.45, 7) is 0.0804. The van der Waals surface area contributed by atoms with E-state index in [2.05, 4.69) is 0 Å². The lowest BCUT2D eigenvalue weighted by Gasteiger charge is -2.20. The van der Waals surface area contributed by atoms with Gasteiger partial charge in [-0.3, -0.25) is 9.59 Å². The Morgan fingerprint density at radius 1 is 0.975 bits per heavy atom. The first-order valence-corrected chi connectivity index (χ1v) is 11.5. The van der Waals surface area contributed by atoms with Crippen LogP contribution in [0.3, 0.4) is 0 Å². The molecule has 15 heteroatoms. The standard InChI is InChI=1S/C25H21ClF10N2O2/c1-12-6-15(7-13(2)21(12)26)17(24(31,32)33)9-19(27)14-4-5-16(18(8-14)25(34,35)36)22(40)37-10-20(39)38(3)11-23(28,29)30/h4-9,17H,10-11H2,1-3H3,(H,37,40). The third-order valence-electron chi connectivity index (χ3n) is 5.57. The Labute approximate surface area is 226 Å². The number of nitrogens with one attached hydrogen (secondary N) is 1. The number of carbonyl (C=O) groups is 2. The summed E-state index contributed by atoms with van der Waals surface area (Å²) < 4.78 is 135. The molecule has 2 aromatic rings. The van der Waals surface area contributed by atoms with Crippen LogP contribution in [0.1, 0.15) is 44.1 Å². The molecule has 2 aromatic carbocycles. The van der Waals surface area contributed by atoms with E-state index < -0.39 is 77.4 Å². The van der Waals surface area contributed by atoms with Crippen molar-refractivity contribution in [3.05, 3.63) is 74.8 Å². The highest BCUT2D eigenvalue weighted by Gasteiger charge is 2.41. The van der Waals surface area contributed by atoms with E-state index >= 15 is 0 Å². The van der Waals surface area contributed by atoms with Crippen molar-refractivity contribution >= 4 is 29.2 Å². The van der Waals surface area contributed by atoms with Gasteiger partial charge in [0.25, 0.3) is 5.91 Å². The highest BCUT2D eigenvalue weighted by molar-refractivity contribution is 6.32. The minimum Gasteiger partial charge on any atom is -0.343 e. The van der Waals surface area contributed by atoms with E-state index in [0.29, 0.717) is 12.1 Å². The Morgan fingerprint density at radius 3 is 2.00 bits per heavy atom. The highest BCUT2D eigenvalue weighted by atomic mass is 35.5. The predicted molar refractivity (Wildman–Crippen MR) is 126 cm³/mol. The fourth-order valence-electron chi connectivity index (χ4n) is 3.65. The first-order valence-electron chi connectivity index (χ1n) is 11.1. The number of benzene rings is 2. The van der Waals surface area contributed by atoms with E-state index in [1.54, 1.807) is 5.32 Å². The minimum atomic E-state index is -5.30. The van der Waals surface area contributed by atoms with Crippen molar-refractivity contribution in [1.82, 2.24) is 10.2 Å². The molecule has 0 aromatic heterocycles. The smallest absolute Gasteiger partial charge is 0.343 e. The first-order chi connectivity index (χ1) is 18.1. The van der Waals surface area contributed by atoms with E-state index in [0.717, 1.165) is 19.2 Å². The summed E-state index contributed by atoms with van der Waals surface area (Å²) in [5.41, 5.74) is -3.69. The van der Waals surface area contributed by atoms with E-state index in [1.165, 1.54) is 13.8 Å². The number of likely N-dealkylation sites (N-methyl/N-ethyl adjacent to an activating group) is 1. The molecule has 1 unspecified atom stereocenters. The SMILES string of the molecule is Cc1cc(C(C=C(F)c2ccc(C(=O)NCC(=O)N(C)CC(F)(F)F)c(C(F)(F)F)c2)C(F)(F)F)cc(C)c1Cl. The molecule has 1 atom stereocenters. The van der Waals surface area contributed by atoms with E-state index in [1.807, 2.05) is 0 Å². The van der Waals surface area contributed by atoms with Gasteiger partial charge in [0.1, 0.15) is 18.3 Å². The summed E-state index contributed by atoms with van der Waals surface area (Å²) in [5, 5.41) is 1.94. The molecular weight excluding hydrogens is 586 g/mol. The molecule has 4 nitrogen and oxygen atoms in total. The molecule has 0 saturated carbocycles. The van der Waals surface area contributed by atoms with Crippen LogP contribution in [0.2, 0.25) is 5.02 Å². The second kappa shape index (κ2) is 12.1. The van der Waals surface area contributed by atoms with Crippen molar-refractivity contribution in [2.45, 2.75) is 38.3 Å². The lowest BCUT2D eigenvalue weighted by atomic mass is 9.93. The van der Waals surface area contributed by atoms with Gasteiger partial charge in [0, 0.05) is 17.6 Å². The maximum Gasteiger partial charge on any atom is 0.417 e. The van der Waals surface area contributed by atoms with Gasteiger partial charge in [0.05, 0.1) is 17.7 Å². The van der Waals surface area contributed by atoms with Crippen LogP contribution in [0.4, 0.5) is 43.9 Å². The summed E-state index contributed by atoms with van der Waals surface area (Å²) in [4.78, 5) is 24.3. The van der Waals surface area contributed by atoms with Gasteiger partial charge in [-0.2, -0.15) is 39.5 Å². The Bertz CT molecular complexity index is 1280. The molecule has 40 heavy (non-hydrogen) atoms. The molecule has 0 fully saturated rings. The monoisotopic (exact) mass is 606 g/mol. The van der Waals surface area contributed by atoms with Gasteiger partial charge in [-0.25, -0.2) is 4.39 Å². The van der Waals surface area contributed by atoms with E-state index in [4.69, 9.17) is 11.6 Å². The number of alkyl halides is 9. The van der Waals surface area contributed by atoms with Crippen molar-refractivity contribution in [2.75, 3.05) is 20.1 Å². The zero-order chi connectivity index (χ0) is 30.8. The van der Waals surface area contributed by atoms with Crippen molar-refractivity contribution in [3.8, 4) is 0 Å². The fraction of sp³-hybridized carbons (Fsp3) is 0.360. The number of rotatable bonds is 7. The van der Waals surface area contributed by atoms with E-state index in [9.17, 15) is 53.5 Å². The number of amides is 2. The zero-order valence-electron chi connectivity index (χ0n) is 20.9. The zero-order valence-corrected chi connectivity index (χ0v) is 21.6. The van der Waals surface area contributed by atoms with Crippen LogP contribution >= 0.6 is 11.6 Å². The van der Waals surface area contributed by atoms with Gasteiger partial charge in [-0.05, 0) is 48.7 Å². The van der Waals surface area contributed by atoms with Crippen molar-refractivity contribution in [1.29, 1.82) is 0 Å². The third kappa shape index (κ3) is 8.60. The number of allylic oxidation sites excluding steroid dienone is 1. The fourth-order valence-corrected chi connectivity index (χ4v) is 3.76. The van der Waals surface area contributed by atoms with Gasteiger partial charge >= 0.3 is 18.5 Å². The molecule has 2 amide bonds. The van der Waals surface area contributed by atoms with Gasteiger partial charge in [-0.15, -0.1) is 0 Å². The lowest BCUT2D eigenvalue weighted by molar-refractivity contribution is -0.157. The Balaban J connectivity index is 2.42. The van der Waals surface area contributed by atoms with Gasteiger partial charge in [0.2, 0.25) is 5.91 Å². The molecule has 0 bridgehead atoms. The molecule has 0 aliphatic rings. The minimum absolute atomic E-state index is 0.0898. The summed E-state index contributed by atoms with van der Waals surface area (Å²) in [6, 6.07) is 3.35. The average Bonchev–Trinajstić information content (AvgIpc) is 2.80. The van der Waals surface area contributed by atoms with E-state index in [-0.39, 0.29) is 33.2 Å². The highest BCUT2D eigenvalue weighted by Crippen LogP contribution is 2.41. The van der Waals surface area contributed by atoms with Crippen molar-refractivity contribution in [2.24, 2.45) is 0 Å². The summed E-state index contributed by atoms with van der Waals surface area (Å²) >= 11 is 5.98. The Kier molecular flexibility index (Phi) is 9.93. The normalized spacial score (nSPS) is 13.7. The molecule has 0 saturated heterocycles. The van der Waals surface area contributed by atoms with Crippen LogP contribution in [0.15, 0.2) is 36.4 Å². The topological polar surface area (TPSA) is 49.4 Å².